The molecule has 7 nitrogen and oxygen atoms in total. The topological polar surface area (TPSA) is 86.3 Å². The van der Waals surface area contributed by atoms with Crippen molar-refractivity contribution in [2.75, 3.05) is 13.1 Å². The molecule has 170 valence electrons. The van der Waals surface area contributed by atoms with Crippen molar-refractivity contribution in [2.24, 2.45) is 0 Å². The highest BCUT2D eigenvalue weighted by molar-refractivity contribution is 6.30. The molecule has 0 saturated carbocycles. The van der Waals surface area contributed by atoms with Crippen LogP contribution in [0.4, 0.5) is 0 Å². The minimum Gasteiger partial charge on any atom is -0.285 e. The molecule has 4 aromatic rings. The molecule has 1 N–H and O–H groups in total. The molecule has 2 aromatic carbocycles. The summed E-state index contributed by atoms with van der Waals surface area (Å²) in [6, 6.07) is 17.1. The Morgan fingerprint density at radius 3 is 2.53 bits per heavy atom. The van der Waals surface area contributed by atoms with E-state index < -0.39 is 0 Å². The number of amides is 1. The third kappa shape index (κ3) is 4.03. The summed E-state index contributed by atoms with van der Waals surface area (Å²) < 4.78 is 1.70. The van der Waals surface area contributed by atoms with Crippen molar-refractivity contribution in [1.82, 2.24) is 25.0 Å². The number of nitrogens with zero attached hydrogens (tertiary/aromatic N) is 5. The van der Waals surface area contributed by atoms with Gasteiger partial charge in [0, 0.05) is 41.0 Å². The first-order valence-corrected chi connectivity index (χ1v) is 11.6. The number of nitrogens with one attached hydrogen (secondary N) is 1. The Bertz CT molecular complexity index is 1410. The van der Waals surface area contributed by atoms with Gasteiger partial charge >= 0.3 is 0 Å². The van der Waals surface area contributed by atoms with Gasteiger partial charge in [-0.3, -0.25) is 10.2 Å². The van der Waals surface area contributed by atoms with E-state index in [-0.39, 0.29) is 5.91 Å². The molecule has 3 heterocycles. The van der Waals surface area contributed by atoms with Gasteiger partial charge in [-0.2, -0.15) is 10.4 Å². The first-order valence-electron chi connectivity index (χ1n) is 11.3. The van der Waals surface area contributed by atoms with E-state index in [4.69, 9.17) is 16.7 Å². The van der Waals surface area contributed by atoms with Gasteiger partial charge in [-0.05, 0) is 38.0 Å². The minimum atomic E-state index is -0.214. The van der Waals surface area contributed by atoms with Crippen LogP contribution >= 0.6 is 11.6 Å². The molecule has 8 heteroatoms. The molecule has 0 unspecified atom stereocenters. The van der Waals surface area contributed by atoms with Gasteiger partial charge in [0.2, 0.25) is 0 Å². The van der Waals surface area contributed by atoms with Crippen molar-refractivity contribution in [1.29, 1.82) is 5.26 Å². The third-order valence-corrected chi connectivity index (χ3v) is 6.37. The molecular weight excluding hydrogens is 448 g/mol. The molecule has 0 spiro atoms. The molecule has 1 aliphatic rings. The number of halogens is 1. The molecule has 0 atom stereocenters. The Balaban J connectivity index is 1.70. The Kier molecular flexibility index (Phi) is 6.01. The summed E-state index contributed by atoms with van der Waals surface area (Å²) in [5, 5.41) is 17.0. The molecule has 1 amide bonds. The minimum absolute atomic E-state index is 0.214. The van der Waals surface area contributed by atoms with Crippen LogP contribution in [-0.2, 0) is 0 Å². The van der Waals surface area contributed by atoms with Gasteiger partial charge in [-0.15, -0.1) is 0 Å². The van der Waals surface area contributed by atoms with E-state index in [0.29, 0.717) is 27.5 Å². The number of hydrazine groups is 1. The van der Waals surface area contributed by atoms with E-state index in [0.717, 1.165) is 48.3 Å². The first-order chi connectivity index (χ1) is 16.6. The second-order valence-corrected chi connectivity index (χ2v) is 8.81. The number of carbonyl (C=O) groups excluding carboxylic acids is 1. The summed E-state index contributed by atoms with van der Waals surface area (Å²) in [5.41, 5.74) is 8.15. The normalized spacial score (nSPS) is 14.1. The molecule has 1 aliphatic heterocycles. The van der Waals surface area contributed by atoms with Crippen LogP contribution in [0.5, 0.6) is 0 Å². The Hall–Kier alpha value is -3.73. The van der Waals surface area contributed by atoms with E-state index in [1.54, 1.807) is 16.8 Å². The number of benzene rings is 2. The summed E-state index contributed by atoms with van der Waals surface area (Å²) in [7, 11) is 0. The zero-order valence-corrected chi connectivity index (χ0v) is 19.5. The highest BCUT2D eigenvalue weighted by Gasteiger charge is 2.25. The number of hydrogen-bond acceptors (Lipinski definition) is 5. The quantitative estimate of drug-likeness (QED) is 0.452. The van der Waals surface area contributed by atoms with Crippen LogP contribution in [-0.4, -0.2) is 38.6 Å². The van der Waals surface area contributed by atoms with Crippen molar-refractivity contribution in [3.05, 3.63) is 76.6 Å². The van der Waals surface area contributed by atoms with Gasteiger partial charge in [0.1, 0.15) is 5.56 Å². The SMILES string of the molecule is Cc1nn2c(-c3ccc(Cl)cc3)c(-c3ccccc3C#N)cnc2c1C(=O)NN1CCCCC1. The molecule has 34 heavy (non-hydrogen) atoms. The van der Waals surface area contributed by atoms with Crippen LogP contribution in [0.25, 0.3) is 28.0 Å². The molecule has 0 aliphatic carbocycles. The van der Waals surface area contributed by atoms with Crippen LogP contribution in [0.3, 0.4) is 0 Å². The summed E-state index contributed by atoms with van der Waals surface area (Å²) in [5.74, 6) is -0.214. The van der Waals surface area contributed by atoms with Gasteiger partial charge in [0.15, 0.2) is 5.65 Å². The predicted octanol–water partition coefficient (Wildman–Crippen LogP) is 5.03. The average molecular weight is 471 g/mol. The Morgan fingerprint density at radius 1 is 1.06 bits per heavy atom. The van der Waals surface area contributed by atoms with Gasteiger partial charge in [0.05, 0.1) is 23.0 Å². The zero-order valence-electron chi connectivity index (χ0n) is 18.8. The number of fused-ring (bicyclic) bond motifs is 1. The molecule has 0 radical (unpaired) electrons. The molecule has 0 bridgehead atoms. The van der Waals surface area contributed by atoms with E-state index in [1.807, 2.05) is 54.4 Å². The summed E-state index contributed by atoms with van der Waals surface area (Å²) in [6.45, 7) is 3.49. The highest BCUT2D eigenvalue weighted by atomic mass is 35.5. The standard InChI is InChI=1S/C26H23ClN6O/c1-17-23(26(34)31-32-13-5-2-6-14-32)25-29-16-22(21-8-4-3-7-19(21)15-28)24(33(25)30-17)18-9-11-20(27)12-10-18/h3-4,7-12,16H,2,5-6,13-14H2,1H3,(H,31,34). The Morgan fingerprint density at radius 2 is 1.79 bits per heavy atom. The van der Waals surface area contributed by atoms with Crippen molar-refractivity contribution in [3.63, 3.8) is 0 Å². The molecule has 5 rings (SSSR count). The lowest BCUT2D eigenvalue weighted by Crippen LogP contribution is -2.45. The maximum Gasteiger partial charge on any atom is 0.271 e. The smallest absolute Gasteiger partial charge is 0.271 e. The van der Waals surface area contributed by atoms with Gasteiger partial charge in [-0.25, -0.2) is 14.5 Å². The van der Waals surface area contributed by atoms with Crippen LogP contribution in [0, 0.1) is 18.3 Å². The monoisotopic (exact) mass is 470 g/mol. The van der Waals surface area contributed by atoms with Gasteiger partial charge < -0.3 is 0 Å². The lowest BCUT2D eigenvalue weighted by molar-refractivity contribution is 0.0751. The fourth-order valence-corrected chi connectivity index (χ4v) is 4.59. The number of piperidine rings is 1. The second-order valence-electron chi connectivity index (χ2n) is 8.37. The molecule has 1 fully saturated rings. The Labute approximate surface area is 202 Å². The van der Waals surface area contributed by atoms with E-state index in [1.165, 1.54) is 6.42 Å². The number of hydrogen-bond donors (Lipinski definition) is 1. The summed E-state index contributed by atoms with van der Waals surface area (Å²) in [4.78, 5) is 17.9. The predicted molar refractivity (Wildman–Crippen MR) is 131 cm³/mol. The lowest BCUT2D eigenvalue weighted by atomic mass is 9.97. The first kappa shape index (κ1) is 22.1. The summed E-state index contributed by atoms with van der Waals surface area (Å²) >= 11 is 6.15. The van der Waals surface area contributed by atoms with Gasteiger partial charge in [0.25, 0.3) is 5.91 Å². The molecular formula is C26H23ClN6O. The molecule has 1 saturated heterocycles. The number of carbonyl (C=O) groups is 1. The average Bonchev–Trinajstić information content (AvgIpc) is 3.20. The zero-order chi connectivity index (χ0) is 23.7. The number of nitriles is 1. The second kappa shape index (κ2) is 9.26. The largest absolute Gasteiger partial charge is 0.285 e. The van der Waals surface area contributed by atoms with Crippen LogP contribution in [0.2, 0.25) is 5.02 Å². The summed E-state index contributed by atoms with van der Waals surface area (Å²) in [6.07, 6.45) is 5.03. The number of aromatic nitrogens is 3. The van der Waals surface area contributed by atoms with Crippen LogP contribution in [0.1, 0.15) is 40.9 Å². The van der Waals surface area contributed by atoms with Crippen molar-refractivity contribution < 1.29 is 4.79 Å². The number of rotatable bonds is 4. The van der Waals surface area contributed by atoms with Crippen LogP contribution < -0.4 is 5.43 Å². The van der Waals surface area contributed by atoms with Crippen LogP contribution in [0.15, 0.2) is 54.7 Å². The lowest BCUT2D eigenvalue weighted by Gasteiger charge is -2.26. The fourth-order valence-electron chi connectivity index (χ4n) is 4.46. The molecule has 2 aromatic heterocycles. The van der Waals surface area contributed by atoms with E-state index in [2.05, 4.69) is 16.5 Å². The fraction of sp³-hybridized carbons (Fsp3) is 0.231. The van der Waals surface area contributed by atoms with Crippen molar-refractivity contribution >= 4 is 23.2 Å². The highest BCUT2D eigenvalue weighted by Crippen LogP contribution is 2.35. The van der Waals surface area contributed by atoms with Crippen molar-refractivity contribution in [3.8, 4) is 28.5 Å². The van der Waals surface area contributed by atoms with E-state index in [9.17, 15) is 10.1 Å². The van der Waals surface area contributed by atoms with Crippen molar-refractivity contribution in [2.45, 2.75) is 26.2 Å². The maximum atomic E-state index is 13.3. The van der Waals surface area contributed by atoms with E-state index >= 15 is 0 Å². The van der Waals surface area contributed by atoms with Gasteiger partial charge in [-0.1, -0.05) is 48.4 Å². The third-order valence-electron chi connectivity index (χ3n) is 6.12. The number of aryl methyl sites for hydroxylation is 1. The maximum absolute atomic E-state index is 13.3.